The number of anilines is 1. The first-order chi connectivity index (χ1) is 9.51. The van der Waals surface area contributed by atoms with Gasteiger partial charge in [-0.1, -0.05) is 24.6 Å². The Hall–Kier alpha value is -1.10. The monoisotopic (exact) mass is 298 g/mol. The van der Waals surface area contributed by atoms with Crippen molar-refractivity contribution in [2.45, 2.75) is 45.3 Å². The van der Waals surface area contributed by atoms with Crippen LogP contribution in [0.4, 0.5) is 5.69 Å². The van der Waals surface area contributed by atoms with Crippen molar-refractivity contribution >= 4 is 23.2 Å². The fourth-order valence-corrected chi connectivity index (χ4v) is 2.02. The zero-order valence-electron chi connectivity index (χ0n) is 12.0. The van der Waals surface area contributed by atoms with Gasteiger partial charge in [-0.25, -0.2) is 0 Å². The summed E-state index contributed by atoms with van der Waals surface area (Å²) in [5.41, 5.74) is 0.705. The van der Waals surface area contributed by atoms with Crippen LogP contribution in [0.5, 0.6) is 0 Å². The van der Waals surface area contributed by atoms with Crippen LogP contribution >= 0.6 is 11.6 Å². The summed E-state index contributed by atoms with van der Waals surface area (Å²) in [6.45, 7) is 4.61. The average Bonchev–Trinajstić information content (AvgIpc) is 2.38. The Balaban J connectivity index is 2.27. The number of carbonyl (C=O) groups is 1. The van der Waals surface area contributed by atoms with Crippen molar-refractivity contribution in [3.05, 3.63) is 29.3 Å². The van der Waals surface area contributed by atoms with Gasteiger partial charge in [0.05, 0.1) is 6.10 Å². The molecule has 1 aromatic rings. The predicted octanol–water partition coefficient (Wildman–Crippen LogP) is 2.81. The van der Waals surface area contributed by atoms with Gasteiger partial charge in [0.1, 0.15) is 0 Å². The Morgan fingerprint density at radius 3 is 2.85 bits per heavy atom. The third-order valence-electron chi connectivity index (χ3n) is 3.04. The molecule has 0 aliphatic carbocycles. The molecular formula is C15H23ClN2O2. The lowest BCUT2D eigenvalue weighted by Gasteiger charge is -2.15. The van der Waals surface area contributed by atoms with Gasteiger partial charge < -0.3 is 15.7 Å². The Kier molecular flexibility index (Phi) is 7.59. The van der Waals surface area contributed by atoms with Gasteiger partial charge in [0, 0.05) is 23.2 Å². The van der Waals surface area contributed by atoms with Gasteiger partial charge in [-0.05, 0) is 44.5 Å². The van der Waals surface area contributed by atoms with Gasteiger partial charge in [-0.15, -0.1) is 0 Å². The van der Waals surface area contributed by atoms with E-state index in [9.17, 15) is 9.90 Å². The molecule has 0 aliphatic heterocycles. The van der Waals surface area contributed by atoms with Crippen LogP contribution in [-0.4, -0.2) is 29.7 Å². The Bertz CT molecular complexity index is 426. The van der Waals surface area contributed by atoms with Gasteiger partial charge in [0.15, 0.2) is 0 Å². The number of carbonyl (C=O) groups excluding carboxylic acids is 1. The van der Waals surface area contributed by atoms with Crippen LogP contribution in [0.15, 0.2) is 24.3 Å². The maximum absolute atomic E-state index is 11.8. The first kappa shape index (κ1) is 17.0. The van der Waals surface area contributed by atoms with Crippen LogP contribution < -0.4 is 10.6 Å². The second kappa shape index (κ2) is 8.95. The third kappa shape index (κ3) is 6.89. The summed E-state index contributed by atoms with van der Waals surface area (Å²) in [5, 5.41) is 16.1. The molecule has 0 saturated carbocycles. The van der Waals surface area contributed by atoms with Gasteiger partial charge in [0.2, 0.25) is 5.91 Å². The molecule has 1 amide bonds. The van der Waals surface area contributed by atoms with Crippen molar-refractivity contribution in [2.24, 2.45) is 0 Å². The Labute approximate surface area is 125 Å². The molecule has 0 aliphatic rings. The summed E-state index contributed by atoms with van der Waals surface area (Å²) in [6, 6.07) is 7.15. The van der Waals surface area contributed by atoms with E-state index in [1.54, 1.807) is 24.3 Å². The molecule has 4 nitrogen and oxygen atoms in total. The number of amides is 1. The molecule has 3 N–H and O–H groups in total. The predicted molar refractivity (Wildman–Crippen MR) is 83.1 cm³/mol. The average molecular weight is 299 g/mol. The lowest BCUT2D eigenvalue weighted by Crippen LogP contribution is -2.32. The number of rotatable bonds is 8. The topological polar surface area (TPSA) is 61.4 Å². The summed E-state index contributed by atoms with van der Waals surface area (Å²) in [4.78, 5) is 11.8. The molecule has 0 saturated heterocycles. The van der Waals surface area contributed by atoms with Crippen LogP contribution in [0.25, 0.3) is 0 Å². The van der Waals surface area contributed by atoms with E-state index in [0.29, 0.717) is 30.1 Å². The summed E-state index contributed by atoms with van der Waals surface area (Å²) >= 11 is 5.86. The van der Waals surface area contributed by atoms with Crippen molar-refractivity contribution in [3.8, 4) is 0 Å². The number of aliphatic hydroxyl groups is 1. The number of hydrogen-bond donors (Lipinski definition) is 3. The summed E-state index contributed by atoms with van der Waals surface area (Å²) < 4.78 is 0. The standard InChI is InChI=1S/C15H23ClN2O2/c1-3-14(19)7-8-17-11(2)9-15(20)18-13-6-4-5-12(16)10-13/h4-6,10-11,14,17,19H,3,7-9H2,1-2H3,(H,18,20). The highest BCUT2D eigenvalue weighted by atomic mass is 35.5. The second-order valence-corrected chi connectivity index (χ2v) is 5.41. The van der Waals surface area contributed by atoms with Crippen LogP contribution in [0.1, 0.15) is 33.1 Å². The molecule has 1 rings (SSSR count). The van der Waals surface area contributed by atoms with E-state index in [1.807, 2.05) is 13.8 Å². The van der Waals surface area contributed by atoms with Gasteiger partial charge in [-0.3, -0.25) is 4.79 Å². The summed E-state index contributed by atoms with van der Waals surface area (Å²) in [5.74, 6) is -0.0525. The number of hydrogen-bond acceptors (Lipinski definition) is 3. The minimum atomic E-state index is -0.269. The second-order valence-electron chi connectivity index (χ2n) is 4.97. The van der Waals surface area contributed by atoms with E-state index < -0.39 is 0 Å². The van der Waals surface area contributed by atoms with Crippen molar-refractivity contribution in [3.63, 3.8) is 0 Å². The SMILES string of the molecule is CCC(O)CCNC(C)CC(=O)Nc1cccc(Cl)c1. The number of aliphatic hydroxyl groups excluding tert-OH is 1. The minimum absolute atomic E-state index is 0.0525. The molecular weight excluding hydrogens is 276 g/mol. The lowest BCUT2D eigenvalue weighted by atomic mass is 10.1. The van der Waals surface area contributed by atoms with E-state index >= 15 is 0 Å². The van der Waals surface area contributed by atoms with Crippen molar-refractivity contribution in [1.82, 2.24) is 5.32 Å². The van der Waals surface area contributed by atoms with Crippen LogP contribution in [0, 0.1) is 0 Å². The Morgan fingerprint density at radius 2 is 2.20 bits per heavy atom. The third-order valence-corrected chi connectivity index (χ3v) is 3.28. The number of halogens is 1. The molecule has 2 atom stereocenters. The highest BCUT2D eigenvalue weighted by Gasteiger charge is 2.09. The van der Waals surface area contributed by atoms with E-state index in [-0.39, 0.29) is 18.1 Å². The zero-order chi connectivity index (χ0) is 15.0. The first-order valence-corrected chi connectivity index (χ1v) is 7.36. The number of nitrogens with one attached hydrogen (secondary N) is 2. The van der Waals surface area contributed by atoms with Crippen molar-refractivity contribution < 1.29 is 9.90 Å². The normalized spacial score (nSPS) is 13.8. The zero-order valence-corrected chi connectivity index (χ0v) is 12.8. The maximum atomic E-state index is 11.8. The van der Waals surface area contributed by atoms with E-state index in [0.717, 1.165) is 6.42 Å². The van der Waals surface area contributed by atoms with Crippen molar-refractivity contribution in [2.75, 3.05) is 11.9 Å². The van der Waals surface area contributed by atoms with Gasteiger partial charge in [-0.2, -0.15) is 0 Å². The smallest absolute Gasteiger partial charge is 0.225 e. The minimum Gasteiger partial charge on any atom is -0.393 e. The lowest BCUT2D eigenvalue weighted by molar-refractivity contribution is -0.116. The molecule has 0 heterocycles. The van der Waals surface area contributed by atoms with Crippen molar-refractivity contribution in [1.29, 1.82) is 0 Å². The van der Waals surface area contributed by atoms with Crippen LogP contribution in [-0.2, 0) is 4.79 Å². The summed E-state index contributed by atoms with van der Waals surface area (Å²) in [6.07, 6.45) is 1.58. The maximum Gasteiger partial charge on any atom is 0.225 e. The molecule has 2 unspecified atom stereocenters. The van der Waals surface area contributed by atoms with Crippen LogP contribution in [0.2, 0.25) is 5.02 Å². The van der Waals surface area contributed by atoms with Gasteiger partial charge in [0.25, 0.3) is 0 Å². The molecule has 0 radical (unpaired) electrons. The molecule has 112 valence electrons. The first-order valence-electron chi connectivity index (χ1n) is 6.98. The Morgan fingerprint density at radius 1 is 1.45 bits per heavy atom. The highest BCUT2D eigenvalue weighted by molar-refractivity contribution is 6.30. The van der Waals surface area contributed by atoms with E-state index in [2.05, 4.69) is 10.6 Å². The fraction of sp³-hybridized carbons (Fsp3) is 0.533. The van der Waals surface area contributed by atoms with Gasteiger partial charge >= 0.3 is 0 Å². The fourth-order valence-electron chi connectivity index (χ4n) is 1.83. The highest BCUT2D eigenvalue weighted by Crippen LogP contribution is 2.15. The molecule has 0 spiro atoms. The largest absolute Gasteiger partial charge is 0.393 e. The molecule has 0 bridgehead atoms. The molecule has 20 heavy (non-hydrogen) atoms. The molecule has 0 fully saturated rings. The van der Waals surface area contributed by atoms with E-state index in [4.69, 9.17) is 11.6 Å². The quantitative estimate of drug-likeness (QED) is 0.691. The summed E-state index contributed by atoms with van der Waals surface area (Å²) in [7, 11) is 0. The van der Waals surface area contributed by atoms with E-state index in [1.165, 1.54) is 0 Å². The number of benzene rings is 1. The molecule has 5 heteroatoms. The molecule has 0 aromatic heterocycles. The van der Waals surface area contributed by atoms with Crippen LogP contribution in [0.3, 0.4) is 0 Å². The molecule has 1 aromatic carbocycles.